The quantitative estimate of drug-likeness (QED) is 0.254. The lowest BCUT2D eigenvalue weighted by Gasteiger charge is -2.65. The largest absolute Gasteiger partial charge is 0.393 e. The predicted molar refractivity (Wildman–Crippen MR) is 160 cm³/mol. The minimum absolute atomic E-state index is 0.0126. The molecule has 45 heavy (non-hydrogen) atoms. The van der Waals surface area contributed by atoms with Crippen LogP contribution in [0.2, 0.25) is 0 Å². The van der Waals surface area contributed by atoms with Gasteiger partial charge in [-0.3, -0.25) is 0 Å². The summed E-state index contributed by atoms with van der Waals surface area (Å²) in [5.41, 5.74) is -2.78. The van der Waals surface area contributed by atoms with Crippen LogP contribution in [0.3, 0.4) is 0 Å². The fourth-order valence-electron chi connectivity index (χ4n) is 14.0. The fourth-order valence-corrected chi connectivity index (χ4v) is 14.0. The molecule has 0 radical (unpaired) electrons. The molecule has 3 aliphatic heterocycles. The zero-order valence-electron chi connectivity index (χ0n) is 28.0. The van der Waals surface area contributed by atoms with Crippen molar-refractivity contribution in [3.8, 4) is 0 Å². The summed E-state index contributed by atoms with van der Waals surface area (Å²) in [4.78, 5) is 0. The van der Waals surface area contributed by atoms with Crippen LogP contribution in [-0.4, -0.2) is 104 Å². The van der Waals surface area contributed by atoms with Crippen molar-refractivity contribution in [1.29, 1.82) is 0 Å². The van der Waals surface area contributed by atoms with E-state index in [0.717, 1.165) is 38.5 Å². The number of aliphatic hydroxyl groups excluding tert-OH is 5. The highest BCUT2D eigenvalue weighted by Gasteiger charge is 2.89. The number of rotatable bonds is 3. The molecule has 0 amide bonds. The van der Waals surface area contributed by atoms with Crippen LogP contribution in [0.1, 0.15) is 93.4 Å². The topological polar surface area (TPSA) is 158 Å². The third-order valence-corrected chi connectivity index (χ3v) is 15.9. The van der Waals surface area contributed by atoms with E-state index in [1.165, 1.54) is 0 Å². The third-order valence-electron chi connectivity index (χ3n) is 15.9. The van der Waals surface area contributed by atoms with Crippen molar-refractivity contribution in [2.24, 2.45) is 50.7 Å². The van der Waals surface area contributed by atoms with E-state index in [9.17, 15) is 30.6 Å². The van der Waals surface area contributed by atoms with Crippen molar-refractivity contribution in [2.45, 2.75) is 160 Å². The first-order valence-corrected chi connectivity index (χ1v) is 17.6. The monoisotopic (exact) mass is 636 g/mol. The molecule has 18 atom stereocenters. The molecular formula is C35H56O10. The number of hydrogen-bond acceptors (Lipinski definition) is 10. The second kappa shape index (κ2) is 9.23. The first-order chi connectivity index (χ1) is 20.8. The molecule has 5 aliphatic carbocycles. The second-order valence-electron chi connectivity index (χ2n) is 18.4. The Morgan fingerprint density at radius 3 is 2.22 bits per heavy atom. The zero-order valence-corrected chi connectivity index (χ0v) is 28.0. The van der Waals surface area contributed by atoms with Crippen molar-refractivity contribution >= 4 is 0 Å². The summed E-state index contributed by atoms with van der Waals surface area (Å²) < 4.78 is 25.6. The van der Waals surface area contributed by atoms with Crippen LogP contribution in [0.15, 0.2) is 0 Å². The molecule has 0 aromatic carbocycles. The molecule has 5 saturated carbocycles. The molecule has 3 heterocycles. The Morgan fingerprint density at radius 1 is 0.844 bits per heavy atom. The lowest BCUT2D eigenvalue weighted by molar-refractivity contribution is -0.304. The highest BCUT2D eigenvalue weighted by Crippen LogP contribution is 2.90. The zero-order chi connectivity index (χ0) is 32.5. The number of aliphatic hydroxyl groups is 6. The fraction of sp³-hybridized carbons (Fsp3) is 1.00. The molecule has 2 bridgehead atoms. The molecule has 0 aromatic heterocycles. The summed E-state index contributed by atoms with van der Waals surface area (Å²) in [6.45, 7) is 14.5. The summed E-state index contributed by atoms with van der Waals surface area (Å²) in [5.74, 6) is -0.820. The number of fused-ring (bicyclic) bond motifs is 4. The van der Waals surface area contributed by atoms with Gasteiger partial charge in [0, 0.05) is 16.7 Å². The van der Waals surface area contributed by atoms with Gasteiger partial charge in [-0.25, -0.2) is 0 Å². The molecule has 8 fully saturated rings. The summed E-state index contributed by atoms with van der Waals surface area (Å²) >= 11 is 0. The summed E-state index contributed by atoms with van der Waals surface area (Å²) in [6.07, 6.45) is -1.40. The van der Waals surface area contributed by atoms with Crippen molar-refractivity contribution in [1.82, 2.24) is 0 Å². The van der Waals surface area contributed by atoms with E-state index in [2.05, 4.69) is 34.6 Å². The molecule has 3 saturated heterocycles. The van der Waals surface area contributed by atoms with Gasteiger partial charge in [0.2, 0.25) is 0 Å². The first kappa shape index (κ1) is 31.8. The maximum atomic E-state index is 12.7. The van der Waals surface area contributed by atoms with E-state index in [1.807, 2.05) is 0 Å². The average molecular weight is 637 g/mol. The van der Waals surface area contributed by atoms with Gasteiger partial charge in [0.05, 0.1) is 30.5 Å². The van der Waals surface area contributed by atoms with Crippen LogP contribution < -0.4 is 0 Å². The number of hydrogen-bond donors (Lipinski definition) is 6. The van der Waals surface area contributed by atoms with Crippen LogP contribution in [0.4, 0.5) is 0 Å². The maximum absolute atomic E-state index is 12.7. The lowest BCUT2D eigenvalue weighted by atomic mass is 9.40. The van der Waals surface area contributed by atoms with E-state index < -0.39 is 65.1 Å². The second-order valence-corrected chi connectivity index (χ2v) is 18.4. The molecule has 0 unspecified atom stereocenters. The Labute approximate surface area is 266 Å². The van der Waals surface area contributed by atoms with E-state index >= 15 is 0 Å². The highest BCUT2D eigenvalue weighted by atomic mass is 16.8. The minimum atomic E-state index is -1.32. The lowest BCUT2D eigenvalue weighted by Crippen LogP contribution is -2.64. The smallest absolute Gasteiger partial charge is 0.199 e. The highest BCUT2D eigenvalue weighted by molar-refractivity contribution is 5.36. The molecular weight excluding hydrogens is 580 g/mol. The van der Waals surface area contributed by atoms with Gasteiger partial charge in [-0.05, 0) is 92.8 Å². The van der Waals surface area contributed by atoms with Crippen LogP contribution in [0.25, 0.3) is 0 Å². The number of ether oxygens (including phenoxy) is 4. The Bertz CT molecular complexity index is 1240. The van der Waals surface area contributed by atoms with Gasteiger partial charge in [0.1, 0.15) is 30.5 Å². The van der Waals surface area contributed by atoms with E-state index in [4.69, 9.17) is 18.9 Å². The average Bonchev–Trinajstić information content (AvgIpc) is 3.44. The van der Waals surface area contributed by atoms with Crippen LogP contribution >= 0.6 is 0 Å². The summed E-state index contributed by atoms with van der Waals surface area (Å²) in [6, 6.07) is 0. The molecule has 10 heteroatoms. The molecule has 8 aliphatic rings. The van der Waals surface area contributed by atoms with Gasteiger partial charge in [-0.1, -0.05) is 34.6 Å². The van der Waals surface area contributed by atoms with E-state index in [-0.39, 0.29) is 52.8 Å². The minimum Gasteiger partial charge on any atom is -0.393 e. The predicted octanol–water partition coefficient (Wildman–Crippen LogP) is 2.09. The molecule has 0 aromatic rings. The normalized spacial score (nSPS) is 62.7. The Balaban J connectivity index is 1.12. The van der Waals surface area contributed by atoms with Gasteiger partial charge < -0.3 is 49.6 Å². The van der Waals surface area contributed by atoms with Gasteiger partial charge in [-0.15, -0.1) is 0 Å². The summed E-state index contributed by atoms with van der Waals surface area (Å²) in [7, 11) is 0. The third kappa shape index (κ3) is 3.51. The van der Waals surface area contributed by atoms with Crippen molar-refractivity contribution in [3.05, 3.63) is 0 Å². The van der Waals surface area contributed by atoms with Crippen molar-refractivity contribution < 1.29 is 49.6 Å². The van der Waals surface area contributed by atoms with Crippen LogP contribution in [-0.2, 0) is 18.9 Å². The molecule has 6 N–H and O–H groups in total. The summed E-state index contributed by atoms with van der Waals surface area (Å²) in [5, 5.41) is 67.0. The van der Waals surface area contributed by atoms with Gasteiger partial charge in [0.25, 0.3) is 0 Å². The van der Waals surface area contributed by atoms with Gasteiger partial charge in [0.15, 0.2) is 12.1 Å². The molecule has 3 spiro atoms. The van der Waals surface area contributed by atoms with E-state index in [1.54, 1.807) is 13.8 Å². The Hall–Kier alpha value is -0.400. The molecule has 10 nitrogen and oxygen atoms in total. The van der Waals surface area contributed by atoms with Crippen molar-refractivity contribution in [3.63, 3.8) is 0 Å². The van der Waals surface area contributed by atoms with Crippen molar-refractivity contribution in [2.75, 3.05) is 6.61 Å². The van der Waals surface area contributed by atoms with Crippen LogP contribution in [0, 0.1) is 50.7 Å². The van der Waals surface area contributed by atoms with E-state index in [0.29, 0.717) is 12.3 Å². The molecule has 256 valence electrons. The first-order valence-electron chi connectivity index (χ1n) is 17.6. The maximum Gasteiger partial charge on any atom is 0.199 e. The molecule has 8 rings (SSSR count). The van der Waals surface area contributed by atoms with Crippen LogP contribution in [0.5, 0.6) is 0 Å². The Kier molecular flexibility index (Phi) is 6.53. The standard InChI is InChI=1S/C35H56O10/c1-16-12-18-26(30(4,5)41)45-35(44-18)25(16)32(7)21(37)13-34-15-33(34)11-10-22(43-27-24(39)23(38)17(36)14-42-27)29(2,3)19(33)8-9-20(34)31(32,6)28(35)40/h16-28,36-41H,8-15H2,1-7H3/t16-,17+,18-,19+,20+,21-,22+,23+,24-,25-,26+,27+,28-,31-,32-,33-,34+,35+/m1/s1. The Morgan fingerprint density at radius 2 is 1.53 bits per heavy atom. The van der Waals surface area contributed by atoms with Gasteiger partial charge in [-0.2, -0.15) is 0 Å². The SMILES string of the molecule is C[C@@H]1C[C@H]2O[C@@]3(O[C@@H]2C(C)(C)O)[C@H](O)[C@@]2(C)[C@@H]4CC[C@H]5C(C)(C)[C@@H](O[C@@H]6OC[C@H](O)[C@H](O)[C@H]6O)CC[C@@]56C[C@@]46C[C@@H](O)[C@]2(C)[C@@H]13. The van der Waals surface area contributed by atoms with Gasteiger partial charge >= 0.3 is 0 Å².